The largest absolute Gasteiger partial charge is 0.493 e. The van der Waals surface area contributed by atoms with E-state index in [4.69, 9.17) is 9.47 Å². The summed E-state index contributed by atoms with van der Waals surface area (Å²) in [5.41, 5.74) is 3.10. The number of aryl methyl sites for hydroxylation is 1. The highest BCUT2D eigenvalue weighted by Gasteiger charge is 2.24. The summed E-state index contributed by atoms with van der Waals surface area (Å²) in [4.78, 5) is 28.2. The van der Waals surface area contributed by atoms with Crippen LogP contribution in [0.5, 0.6) is 11.5 Å². The zero-order valence-electron chi connectivity index (χ0n) is 19.1. The molecule has 1 fully saturated rings. The average Bonchev–Trinajstić information content (AvgIpc) is 3.29. The van der Waals surface area contributed by atoms with Crippen molar-refractivity contribution < 1.29 is 19.1 Å². The van der Waals surface area contributed by atoms with Gasteiger partial charge in [-0.25, -0.2) is 4.68 Å². The number of hydrogen-bond donors (Lipinski definition) is 1. The van der Waals surface area contributed by atoms with E-state index in [2.05, 4.69) is 10.4 Å². The van der Waals surface area contributed by atoms with Crippen molar-refractivity contribution in [2.45, 2.75) is 26.2 Å². The minimum Gasteiger partial charge on any atom is -0.493 e. The fraction of sp³-hybridized carbons (Fsp3) is 0.320. The standard InChI is InChI=1S/C25H28N4O4/c1-17-11-12-26-29(17)19-9-7-18(8-10-19)24(30)27-21-16-23(33-3)22(32-2)15-20(21)25(31)28-13-5-4-6-14-28/h7-12,15-16H,4-6,13-14H2,1-3H3,(H,27,30). The third kappa shape index (κ3) is 4.69. The number of nitrogens with one attached hydrogen (secondary N) is 1. The Labute approximate surface area is 193 Å². The van der Waals surface area contributed by atoms with Crippen LogP contribution in [0.15, 0.2) is 48.7 Å². The highest BCUT2D eigenvalue weighted by Crippen LogP contribution is 2.34. The van der Waals surface area contributed by atoms with Crippen molar-refractivity contribution in [3.63, 3.8) is 0 Å². The highest BCUT2D eigenvalue weighted by atomic mass is 16.5. The molecule has 1 N–H and O–H groups in total. The van der Waals surface area contributed by atoms with Gasteiger partial charge in [-0.3, -0.25) is 9.59 Å². The molecule has 0 atom stereocenters. The summed E-state index contributed by atoms with van der Waals surface area (Å²) in [6, 6.07) is 12.3. The summed E-state index contributed by atoms with van der Waals surface area (Å²) in [6.45, 7) is 3.37. The zero-order valence-corrected chi connectivity index (χ0v) is 19.1. The maximum atomic E-state index is 13.3. The van der Waals surface area contributed by atoms with Crippen LogP contribution in [0.1, 0.15) is 45.7 Å². The number of aromatic nitrogens is 2. The SMILES string of the molecule is COc1cc(NC(=O)c2ccc(-n3nccc3C)cc2)c(C(=O)N2CCCCC2)cc1OC. The maximum absolute atomic E-state index is 13.3. The number of rotatable bonds is 6. The molecule has 0 unspecified atom stereocenters. The number of piperidine rings is 1. The first-order valence-electron chi connectivity index (χ1n) is 11.0. The van der Waals surface area contributed by atoms with Crippen LogP contribution in [-0.2, 0) is 0 Å². The molecule has 0 saturated carbocycles. The van der Waals surface area contributed by atoms with E-state index in [0.717, 1.165) is 30.6 Å². The fourth-order valence-electron chi connectivity index (χ4n) is 4.02. The molecule has 172 valence electrons. The third-order valence-electron chi connectivity index (χ3n) is 5.85. The van der Waals surface area contributed by atoms with Crippen LogP contribution in [0.3, 0.4) is 0 Å². The predicted molar refractivity (Wildman–Crippen MR) is 126 cm³/mol. The second-order valence-electron chi connectivity index (χ2n) is 7.99. The number of methoxy groups -OCH3 is 2. The molecule has 0 spiro atoms. The number of carbonyl (C=O) groups is 2. The summed E-state index contributed by atoms with van der Waals surface area (Å²) in [5, 5.41) is 7.18. The first-order chi connectivity index (χ1) is 16.0. The summed E-state index contributed by atoms with van der Waals surface area (Å²) < 4.78 is 12.6. The van der Waals surface area contributed by atoms with Crippen molar-refractivity contribution in [3.8, 4) is 17.2 Å². The Bertz CT molecular complexity index is 1150. The average molecular weight is 449 g/mol. The van der Waals surface area contributed by atoms with Crippen molar-refractivity contribution in [3.05, 3.63) is 65.5 Å². The van der Waals surface area contributed by atoms with Gasteiger partial charge in [0, 0.05) is 36.6 Å². The molecule has 2 heterocycles. The summed E-state index contributed by atoms with van der Waals surface area (Å²) in [6.07, 6.45) is 4.80. The van der Waals surface area contributed by atoms with E-state index < -0.39 is 0 Å². The number of benzene rings is 2. The van der Waals surface area contributed by atoms with Crippen LogP contribution in [0, 0.1) is 6.92 Å². The minimum atomic E-state index is -0.321. The van der Waals surface area contributed by atoms with Gasteiger partial charge in [0.2, 0.25) is 0 Å². The minimum absolute atomic E-state index is 0.129. The fourth-order valence-corrected chi connectivity index (χ4v) is 4.02. The normalized spacial score (nSPS) is 13.5. The van der Waals surface area contributed by atoms with Gasteiger partial charge >= 0.3 is 0 Å². The molecule has 1 aromatic heterocycles. The molecule has 0 radical (unpaired) electrons. The molecule has 0 aliphatic carbocycles. The Hall–Kier alpha value is -3.81. The second-order valence-corrected chi connectivity index (χ2v) is 7.99. The lowest BCUT2D eigenvalue weighted by Crippen LogP contribution is -2.36. The lowest BCUT2D eigenvalue weighted by atomic mass is 10.1. The van der Waals surface area contributed by atoms with Gasteiger partial charge in [0.05, 0.1) is 31.2 Å². The lowest BCUT2D eigenvalue weighted by Gasteiger charge is -2.28. The van der Waals surface area contributed by atoms with Crippen LogP contribution in [0.25, 0.3) is 5.69 Å². The molecule has 3 aromatic rings. The van der Waals surface area contributed by atoms with Gasteiger partial charge < -0.3 is 19.7 Å². The van der Waals surface area contributed by atoms with Crippen molar-refractivity contribution in [1.82, 2.24) is 14.7 Å². The smallest absolute Gasteiger partial charge is 0.256 e. The van der Waals surface area contributed by atoms with E-state index in [1.54, 1.807) is 35.1 Å². The molecular formula is C25H28N4O4. The summed E-state index contributed by atoms with van der Waals surface area (Å²) in [7, 11) is 3.04. The zero-order chi connectivity index (χ0) is 23.4. The number of likely N-dealkylation sites (tertiary alicyclic amines) is 1. The van der Waals surface area contributed by atoms with Crippen molar-refractivity contribution in [1.29, 1.82) is 0 Å². The maximum Gasteiger partial charge on any atom is 0.256 e. The second kappa shape index (κ2) is 9.77. The van der Waals surface area contributed by atoms with E-state index >= 15 is 0 Å². The van der Waals surface area contributed by atoms with Gasteiger partial charge in [0.15, 0.2) is 11.5 Å². The van der Waals surface area contributed by atoms with Gasteiger partial charge in [-0.05, 0) is 62.6 Å². The summed E-state index contributed by atoms with van der Waals surface area (Å²) >= 11 is 0. The Morgan fingerprint density at radius 3 is 2.21 bits per heavy atom. The number of amides is 2. The molecule has 1 saturated heterocycles. The van der Waals surface area contributed by atoms with E-state index in [1.807, 2.05) is 30.0 Å². The van der Waals surface area contributed by atoms with E-state index in [0.29, 0.717) is 41.4 Å². The number of carbonyl (C=O) groups excluding carboxylic acids is 2. The van der Waals surface area contributed by atoms with E-state index in [1.165, 1.54) is 14.2 Å². The Balaban J connectivity index is 1.62. The van der Waals surface area contributed by atoms with Gasteiger partial charge in [-0.2, -0.15) is 5.10 Å². The predicted octanol–water partition coefficient (Wildman–Crippen LogP) is 4.08. The molecule has 1 aliphatic rings. The van der Waals surface area contributed by atoms with Crippen LogP contribution in [0.2, 0.25) is 0 Å². The Morgan fingerprint density at radius 1 is 0.939 bits per heavy atom. The van der Waals surface area contributed by atoms with Crippen LogP contribution >= 0.6 is 0 Å². The third-order valence-corrected chi connectivity index (χ3v) is 5.85. The molecule has 33 heavy (non-hydrogen) atoms. The van der Waals surface area contributed by atoms with E-state index in [9.17, 15) is 9.59 Å². The highest BCUT2D eigenvalue weighted by molar-refractivity contribution is 6.09. The van der Waals surface area contributed by atoms with Crippen molar-refractivity contribution in [2.75, 3.05) is 32.6 Å². The first kappa shape index (κ1) is 22.4. The van der Waals surface area contributed by atoms with Gasteiger partial charge in [0.25, 0.3) is 11.8 Å². The number of nitrogens with zero attached hydrogens (tertiary/aromatic N) is 3. The van der Waals surface area contributed by atoms with Crippen molar-refractivity contribution >= 4 is 17.5 Å². The molecule has 2 aromatic carbocycles. The molecule has 1 aliphatic heterocycles. The van der Waals surface area contributed by atoms with Gasteiger partial charge in [0.1, 0.15) is 0 Å². The lowest BCUT2D eigenvalue weighted by molar-refractivity contribution is 0.0725. The molecule has 0 bridgehead atoms. The molecule has 8 nitrogen and oxygen atoms in total. The number of hydrogen-bond acceptors (Lipinski definition) is 5. The van der Waals surface area contributed by atoms with Crippen LogP contribution in [-0.4, -0.2) is 53.8 Å². The van der Waals surface area contributed by atoms with Crippen LogP contribution < -0.4 is 14.8 Å². The molecule has 8 heteroatoms. The Kier molecular flexibility index (Phi) is 6.63. The molecular weight excluding hydrogens is 420 g/mol. The number of anilines is 1. The topological polar surface area (TPSA) is 85.7 Å². The molecule has 2 amide bonds. The van der Waals surface area contributed by atoms with E-state index in [-0.39, 0.29) is 11.8 Å². The van der Waals surface area contributed by atoms with Crippen molar-refractivity contribution in [2.24, 2.45) is 0 Å². The van der Waals surface area contributed by atoms with Crippen LogP contribution in [0.4, 0.5) is 5.69 Å². The molecule has 4 rings (SSSR count). The first-order valence-corrected chi connectivity index (χ1v) is 11.0. The summed E-state index contributed by atoms with van der Waals surface area (Å²) in [5.74, 6) is 0.427. The number of ether oxygens (including phenoxy) is 2. The van der Waals surface area contributed by atoms with Gasteiger partial charge in [-0.15, -0.1) is 0 Å². The monoisotopic (exact) mass is 448 g/mol. The Morgan fingerprint density at radius 2 is 1.61 bits per heavy atom. The quantitative estimate of drug-likeness (QED) is 0.614. The van der Waals surface area contributed by atoms with Gasteiger partial charge in [-0.1, -0.05) is 0 Å².